The fourth-order valence-electron chi connectivity index (χ4n) is 1.11. The van der Waals surface area contributed by atoms with E-state index in [4.69, 9.17) is 11.6 Å². The summed E-state index contributed by atoms with van der Waals surface area (Å²) in [6, 6.07) is 3.74. The van der Waals surface area contributed by atoms with E-state index >= 15 is 0 Å². The summed E-state index contributed by atoms with van der Waals surface area (Å²) in [6.45, 7) is 1.96. The highest BCUT2D eigenvalue weighted by atomic mass is 35.5. The van der Waals surface area contributed by atoms with Gasteiger partial charge in [0.15, 0.2) is 0 Å². The largest absolute Gasteiger partial charge is 0.304 e. The van der Waals surface area contributed by atoms with Crippen LogP contribution < -0.4 is 0 Å². The number of halogens is 1. The molecule has 3 heteroatoms. The maximum atomic E-state index is 5.79. The van der Waals surface area contributed by atoms with Crippen molar-refractivity contribution in [3.63, 3.8) is 0 Å². The van der Waals surface area contributed by atoms with Gasteiger partial charge in [0.05, 0.1) is 11.7 Å². The Morgan fingerprint density at radius 3 is 3.18 bits per heavy atom. The fourth-order valence-corrected chi connectivity index (χ4v) is 1.27. The number of rotatable bonds is 0. The van der Waals surface area contributed by atoms with E-state index in [9.17, 15) is 0 Å². The van der Waals surface area contributed by atoms with E-state index in [2.05, 4.69) is 4.98 Å². The van der Waals surface area contributed by atoms with Gasteiger partial charge in [-0.05, 0) is 19.1 Å². The second-order valence-electron chi connectivity index (χ2n) is 2.45. The van der Waals surface area contributed by atoms with E-state index in [-0.39, 0.29) is 0 Å². The molecule has 0 amide bonds. The molecular weight excluding hydrogens is 160 g/mol. The number of hydrogen-bond donors (Lipinski definition) is 0. The summed E-state index contributed by atoms with van der Waals surface area (Å²) in [4.78, 5) is 4.14. The maximum absolute atomic E-state index is 5.79. The summed E-state index contributed by atoms with van der Waals surface area (Å²) in [5, 5.41) is 0.748. The predicted octanol–water partition coefficient (Wildman–Crippen LogP) is 2.30. The summed E-state index contributed by atoms with van der Waals surface area (Å²) in [5.74, 6) is 0.983. The molecular formula is C8H7ClN2. The van der Waals surface area contributed by atoms with Crippen LogP contribution in [0.15, 0.2) is 24.5 Å². The van der Waals surface area contributed by atoms with Crippen molar-refractivity contribution in [2.45, 2.75) is 6.92 Å². The molecule has 0 aromatic carbocycles. The number of fused-ring (bicyclic) bond motifs is 1. The molecule has 0 aliphatic heterocycles. The van der Waals surface area contributed by atoms with Gasteiger partial charge in [-0.2, -0.15) is 0 Å². The Balaban J connectivity index is 2.86. The first-order valence-corrected chi connectivity index (χ1v) is 3.74. The third kappa shape index (κ3) is 0.994. The quantitative estimate of drug-likeness (QED) is 0.587. The van der Waals surface area contributed by atoms with Crippen LogP contribution in [0.5, 0.6) is 0 Å². The molecule has 2 rings (SSSR count). The van der Waals surface area contributed by atoms with Crippen LogP contribution in [-0.4, -0.2) is 9.38 Å². The van der Waals surface area contributed by atoms with Crippen molar-refractivity contribution in [3.8, 4) is 0 Å². The first-order valence-electron chi connectivity index (χ1n) is 3.36. The molecule has 0 aliphatic rings. The minimum atomic E-state index is 0.748. The zero-order valence-electron chi connectivity index (χ0n) is 6.08. The van der Waals surface area contributed by atoms with E-state index in [0.717, 1.165) is 16.4 Å². The monoisotopic (exact) mass is 166 g/mol. The molecule has 2 heterocycles. The van der Waals surface area contributed by atoms with Gasteiger partial charge in [-0.15, -0.1) is 0 Å². The molecule has 0 saturated carbocycles. The van der Waals surface area contributed by atoms with E-state index in [1.807, 2.05) is 29.7 Å². The molecule has 0 saturated heterocycles. The van der Waals surface area contributed by atoms with Crippen LogP contribution in [0.2, 0.25) is 5.02 Å². The van der Waals surface area contributed by atoms with Crippen molar-refractivity contribution in [3.05, 3.63) is 35.4 Å². The average Bonchev–Trinajstić information content (AvgIpc) is 2.32. The van der Waals surface area contributed by atoms with Gasteiger partial charge in [0, 0.05) is 11.2 Å². The third-order valence-electron chi connectivity index (χ3n) is 1.68. The molecule has 2 aromatic heterocycles. The second-order valence-corrected chi connectivity index (χ2v) is 2.88. The Bertz CT molecular complexity index is 392. The minimum Gasteiger partial charge on any atom is -0.304 e. The van der Waals surface area contributed by atoms with Gasteiger partial charge in [-0.25, -0.2) is 4.98 Å². The van der Waals surface area contributed by atoms with E-state index in [0.29, 0.717) is 0 Å². The maximum Gasteiger partial charge on any atom is 0.110 e. The highest BCUT2D eigenvalue weighted by Gasteiger charge is 1.96. The Kier molecular flexibility index (Phi) is 1.36. The standard InChI is InChI=1S/C8H7ClN2/c1-6-10-5-8-4-7(9)2-3-11(6)8/h2-5H,1H3. The molecule has 0 N–H and O–H groups in total. The second kappa shape index (κ2) is 2.24. The highest BCUT2D eigenvalue weighted by Crippen LogP contribution is 2.12. The van der Waals surface area contributed by atoms with E-state index < -0.39 is 0 Å². The molecule has 0 spiro atoms. The lowest BCUT2D eigenvalue weighted by Crippen LogP contribution is -1.85. The first kappa shape index (κ1) is 6.68. The summed E-state index contributed by atoms with van der Waals surface area (Å²) in [6.07, 6.45) is 3.72. The van der Waals surface area contributed by atoms with Crippen LogP contribution in [0.25, 0.3) is 5.52 Å². The van der Waals surface area contributed by atoms with E-state index in [1.165, 1.54) is 0 Å². The molecule has 11 heavy (non-hydrogen) atoms. The zero-order valence-corrected chi connectivity index (χ0v) is 6.84. The van der Waals surface area contributed by atoms with Crippen molar-refractivity contribution in [2.75, 3.05) is 0 Å². The minimum absolute atomic E-state index is 0.748. The molecule has 0 fully saturated rings. The molecule has 0 aliphatic carbocycles. The molecule has 2 aromatic rings. The van der Waals surface area contributed by atoms with Gasteiger partial charge >= 0.3 is 0 Å². The number of pyridine rings is 1. The number of aromatic nitrogens is 2. The molecule has 0 unspecified atom stereocenters. The lowest BCUT2D eigenvalue weighted by atomic mass is 10.4. The topological polar surface area (TPSA) is 17.3 Å². The Labute approximate surface area is 69.4 Å². The van der Waals surface area contributed by atoms with Crippen LogP contribution in [0.1, 0.15) is 5.82 Å². The first-order chi connectivity index (χ1) is 5.27. The number of hydrogen-bond acceptors (Lipinski definition) is 1. The van der Waals surface area contributed by atoms with Crippen LogP contribution >= 0.6 is 11.6 Å². The van der Waals surface area contributed by atoms with Gasteiger partial charge in [-0.3, -0.25) is 0 Å². The summed E-state index contributed by atoms with van der Waals surface area (Å²) >= 11 is 5.79. The van der Waals surface area contributed by atoms with Crippen molar-refractivity contribution in [1.82, 2.24) is 9.38 Å². The van der Waals surface area contributed by atoms with Crippen molar-refractivity contribution in [1.29, 1.82) is 0 Å². The third-order valence-corrected chi connectivity index (χ3v) is 1.91. The highest BCUT2D eigenvalue weighted by molar-refractivity contribution is 6.30. The van der Waals surface area contributed by atoms with Crippen LogP contribution in [0.4, 0.5) is 0 Å². The van der Waals surface area contributed by atoms with Gasteiger partial charge in [0.25, 0.3) is 0 Å². The molecule has 0 bridgehead atoms. The predicted molar refractivity (Wildman–Crippen MR) is 44.9 cm³/mol. The zero-order chi connectivity index (χ0) is 7.84. The van der Waals surface area contributed by atoms with Gasteiger partial charge in [-0.1, -0.05) is 11.6 Å². The molecule has 56 valence electrons. The summed E-state index contributed by atoms with van der Waals surface area (Å²) in [5.41, 5.74) is 1.04. The number of imidazole rings is 1. The van der Waals surface area contributed by atoms with Crippen molar-refractivity contribution in [2.24, 2.45) is 0 Å². The number of aryl methyl sites for hydroxylation is 1. The SMILES string of the molecule is Cc1ncc2cc(Cl)ccn12. The smallest absolute Gasteiger partial charge is 0.110 e. The van der Waals surface area contributed by atoms with Gasteiger partial charge in [0.1, 0.15) is 5.82 Å². The summed E-state index contributed by atoms with van der Waals surface area (Å²) < 4.78 is 1.99. The summed E-state index contributed by atoms with van der Waals surface area (Å²) in [7, 11) is 0. The van der Waals surface area contributed by atoms with E-state index in [1.54, 1.807) is 6.20 Å². The Hall–Kier alpha value is -1.02. The van der Waals surface area contributed by atoms with Crippen LogP contribution in [0.3, 0.4) is 0 Å². The average molecular weight is 167 g/mol. The Morgan fingerprint density at radius 2 is 2.36 bits per heavy atom. The van der Waals surface area contributed by atoms with Crippen LogP contribution in [-0.2, 0) is 0 Å². The van der Waals surface area contributed by atoms with Crippen LogP contribution in [0, 0.1) is 6.92 Å². The lowest BCUT2D eigenvalue weighted by molar-refractivity contribution is 1.04. The Morgan fingerprint density at radius 1 is 1.55 bits per heavy atom. The van der Waals surface area contributed by atoms with Gasteiger partial charge in [0.2, 0.25) is 0 Å². The fraction of sp³-hybridized carbons (Fsp3) is 0.125. The molecule has 2 nitrogen and oxygen atoms in total. The normalized spacial score (nSPS) is 10.7. The van der Waals surface area contributed by atoms with Crippen molar-refractivity contribution < 1.29 is 0 Å². The lowest BCUT2D eigenvalue weighted by Gasteiger charge is -1.94. The van der Waals surface area contributed by atoms with Gasteiger partial charge < -0.3 is 4.40 Å². The van der Waals surface area contributed by atoms with Crippen molar-refractivity contribution >= 4 is 17.1 Å². The molecule has 0 radical (unpaired) electrons. The molecule has 0 atom stereocenters. The number of nitrogens with zero attached hydrogens (tertiary/aromatic N) is 2.